The van der Waals surface area contributed by atoms with E-state index in [9.17, 15) is 8.42 Å². The van der Waals surface area contributed by atoms with E-state index >= 15 is 0 Å². The normalized spacial score (nSPS) is 13.4. The summed E-state index contributed by atoms with van der Waals surface area (Å²) < 4.78 is 34.2. The van der Waals surface area contributed by atoms with E-state index in [0.717, 1.165) is 0 Å². The van der Waals surface area contributed by atoms with Crippen molar-refractivity contribution >= 4 is 15.5 Å². The number of aryl methyl sites for hydroxylation is 1. The maximum atomic E-state index is 12.1. The molecule has 0 fully saturated rings. The van der Waals surface area contributed by atoms with Crippen LogP contribution in [0.4, 0.5) is 5.69 Å². The molecule has 6 heteroatoms. The minimum Gasteiger partial charge on any atom is -0.495 e. The highest BCUT2D eigenvalue weighted by molar-refractivity contribution is 7.92. The van der Waals surface area contributed by atoms with Crippen LogP contribution in [0, 0.1) is 6.92 Å². The van der Waals surface area contributed by atoms with Crippen molar-refractivity contribution in [2.24, 2.45) is 0 Å². The molecule has 0 heterocycles. The second kappa shape index (κ2) is 4.93. The summed E-state index contributed by atoms with van der Waals surface area (Å²) in [5, 5.41) is 0. The van der Waals surface area contributed by atoms with Gasteiger partial charge in [-0.2, -0.15) is 0 Å². The molecule has 0 bridgehead atoms. The number of rotatable bonds is 4. The molecular formula is C11H17NO4S. The highest BCUT2D eigenvalue weighted by Crippen LogP contribution is 2.30. The van der Waals surface area contributed by atoms with Crippen LogP contribution in [0.15, 0.2) is 17.0 Å². The minimum atomic E-state index is -3.53. The van der Waals surface area contributed by atoms with E-state index in [1.165, 1.54) is 27.2 Å². The number of ether oxygens (including phenoxy) is 2. The number of methoxy groups -OCH3 is 2. The molecule has 17 heavy (non-hydrogen) atoms. The Hall–Kier alpha value is -1.27. The summed E-state index contributed by atoms with van der Waals surface area (Å²) in [6.07, 6.45) is 0. The Labute approximate surface area is 101 Å². The van der Waals surface area contributed by atoms with E-state index < -0.39 is 15.3 Å². The Bertz CT molecular complexity index is 510. The number of hydrogen-bond donors (Lipinski definition) is 1. The van der Waals surface area contributed by atoms with Crippen molar-refractivity contribution in [2.45, 2.75) is 24.2 Å². The highest BCUT2D eigenvalue weighted by atomic mass is 32.2. The third kappa shape index (κ3) is 2.53. The molecule has 0 aromatic heterocycles. The smallest absolute Gasteiger partial charge is 0.205 e. The summed E-state index contributed by atoms with van der Waals surface area (Å²) in [5.74, 6) is 0.345. The summed E-state index contributed by atoms with van der Waals surface area (Å²) >= 11 is 0. The molecule has 5 nitrogen and oxygen atoms in total. The summed E-state index contributed by atoms with van der Waals surface area (Å²) in [7, 11) is -0.732. The van der Waals surface area contributed by atoms with E-state index in [-0.39, 0.29) is 4.90 Å². The van der Waals surface area contributed by atoms with Gasteiger partial charge in [0.1, 0.15) is 5.75 Å². The van der Waals surface area contributed by atoms with Gasteiger partial charge in [-0.1, -0.05) is 0 Å². The minimum absolute atomic E-state index is 0.179. The molecule has 1 rings (SSSR count). The lowest BCUT2D eigenvalue weighted by atomic mass is 10.2. The molecule has 1 aromatic carbocycles. The van der Waals surface area contributed by atoms with Crippen LogP contribution < -0.4 is 10.5 Å². The first-order chi connectivity index (χ1) is 7.84. The maximum Gasteiger partial charge on any atom is 0.205 e. The van der Waals surface area contributed by atoms with E-state index in [0.29, 0.717) is 17.0 Å². The summed E-state index contributed by atoms with van der Waals surface area (Å²) in [5.41, 5.74) is 5.78. The molecule has 0 saturated heterocycles. The second-order valence-electron chi connectivity index (χ2n) is 3.71. The number of sulfone groups is 1. The van der Waals surface area contributed by atoms with Crippen molar-refractivity contribution in [3.63, 3.8) is 0 Å². The maximum absolute atomic E-state index is 12.1. The van der Waals surface area contributed by atoms with Crippen LogP contribution in [0.25, 0.3) is 0 Å². The summed E-state index contributed by atoms with van der Waals surface area (Å²) in [6.45, 7) is 3.17. The predicted molar refractivity (Wildman–Crippen MR) is 65.8 cm³/mol. The molecule has 2 N–H and O–H groups in total. The van der Waals surface area contributed by atoms with Crippen molar-refractivity contribution < 1.29 is 17.9 Å². The molecule has 0 aliphatic rings. The lowest BCUT2D eigenvalue weighted by Gasteiger charge is -2.15. The number of nitrogens with two attached hydrogens (primary N) is 1. The van der Waals surface area contributed by atoms with E-state index in [4.69, 9.17) is 15.2 Å². The van der Waals surface area contributed by atoms with Crippen LogP contribution in [0.2, 0.25) is 0 Å². The predicted octanol–water partition coefficient (Wildman–Crippen LogP) is 1.35. The molecule has 0 saturated carbocycles. The van der Waals surface area contributed by atoms with Crippen molar-refractivity contribution in [1.29, 1.82) is 0 Å². The summed E-state index contributed by atoms with van der Waals surface area (Å²) in [4.78, 5) is 0.179. The standard InChI is InChI=1S/C11H17NO4S/c1-7-5-9(12)10(16-4)6-11(7)17(13,14)8(2)15-3/h5-6,8H,12H2,1-4H3. The van der Waals surface area contributed by atoms with Crippen molar-refractivity contribution in [3.8, 4) is 5.75 Å². The van der Waals surface area contributed by atoms with E-state index in [2.05, 4.69) is 0 Å². The van der Waals surface area contributed by atoms with Crippen molar-refractivity contribution in [2.75, 3.05) is 20.0 Å². The van der Waals surface area contributed by atoms with Gasteiger partial charge in [0.15, 0.2) is 5.44 Å². The molecule has 0 radical (unpaired) electrons. The van der Waals surface area contributed by atoms with Crippen LogP contribution in [-0.4, -0.2) is 28.1 Å². The van der Waals surface area contributed by atoms with Crippen molar-refractivity contribution in [3.05, 3.63) is 17.7 Å². The summed E-state index contributed by atoms with van der Waals surface area (Å²) in [6, 6.07) is 3.00. The molecular weight excluding hydrogens is 242 g/mol. The van der Waals surface area contributed by atoms with Gasteiger partial charge >= 0.3 is 0 Å². The fourth-order valence-electron chi connectivity index (χ4n) is 1.48. The zero-order valence-electron chi connectivity index (χ0n) is 10.4. The van der Waals surface area contributed by atoms with Crippen LogP contribution in [0.1, 0.15) is 12.5 Å². The lowest BCUT2D eigenvalue weighted by molar-refractivity contribution is 0.178. The Morgan fingerprint density at radius 3 is 2.35 bits per heavy atom. The Morgan fingerprint density at radius 1 is 1.29 bits per heavy atom. The molecule has 0 spiro atoms. The Kier molecular flexibility index (Phi) is 4.00. The average molecular weight is 259 g/mol. The third-order valence-corrected chi connectivity index (χ3v) is 4.72. The second-order valence-corrected chi connectivity index (χ2v) is 5.90. The first-order valence-corrected chi connectivity index (χ1v) is 6.60. The fourth-order valence-corrected chi connectivity index (χ4v) is 2.87. The zero-order chi connectivity index (χ0) is 13.2. The van der Waals surface area contributed by atoms with Gasteiger partial charge in [-0.05, 0) is 25.5 Å². The number of nitrogen functional groups attached to an aromatic ring is 1. The van der Waals surface area contributed by atoms with Gasteiger partial charge in [-0.25, -0.2) is 8.42 Å². The van der Waals surface area contributed by atoms with Crippen LogP contribution in [0.5, 0.6) is 5.75 Å². The zero-order valence-corrected chi connectivity index (χ0v) is 11.2. The third-order valence-electron chi connectivity index (χ3n) is 2.60. The molecule has 1 atom stereocenters. The van der Waals surface area contributed by atoms with Gasteiger partial charge in [0, 0.05) is 13.2 Å². The van der Waals surface area contributed by atoms with Crippen LogP contribution in [-0.2, 0) is 14.6 Å². The molecule has 96 valence electrons. The number of hydrogen-bond acceptors (Lipinski definition) is 5. The van der Waals surface area contributed by atoms with Gasteiger partial charge in [0.25, 0.3) is 0 Å². The van der Waals surface area contributed by atoms with Crippen LogP contribution >= 0.6 is 0 Å². The monoisotopic (exact) mass is 259 g/mol. The molecule has 0 amide bonds. The largest absolute Gasteiger partial charge is 0.495 e. The molecule has 0 aliphatic heterocycles. The van der Waals surface area contributed by atoms with Gasteiger partial charge in [0.2, 0.25) is 9.84 Å². The number of benzene rings is 1. The van der Waals surface area contributed by atoms with Gasteiger partial charge in [0.05, 0.1) is 17.7 Å². The molecule has 1 aromatic rings. The van der Waals surface area contributed by atoms with Crippen molar-refractivity contribution in [1.82, 2.24) is 0 Å². The highest BCUT2D eigenvalue weighted by Gasteiger charge is 2.25. The molecule has 0 aliphatic carbocycles. The van der Waals surface area contributed by atoms with E-state index in [1.54, 1.807) is 13.0 Å². The van der Waals surface area contributed by atoms with E-state index in [1.807, 2.05) is 0 Å². The fraction of sp³-hybridized carbons (Fsp3) is 0.455. The average Bonchev–Trinajstić information content (AvgIpc) is 2.27. The first-order valence-electron chi connectivity index (χ1n) is 5.05. The first kappa shape index (κ1) is 13.8. The quantitative estimate of drug-likeness (QED) is 0.826. The SMILES string of the molecule is COc1cc(S(=O)(=O)C(C)OC)c(C)cc1N. The Balaban J connectivity index is 3.42. The Morgan fingerprint density at radius 2 is 1.88 bits per heavy atom. The van der Waals surface area contributed by atoms with Gasteiger partial charge in [-0.15, -0.1) is 0 Å². The topological polar surface area (TPSA) is 78.6 Å². The van der Waals surface area contributed by atoms with Gasteiger partial charge < -0.3 is 15.2 Å². The molecule has 1 unspecified atom stereocenters. The lowest BCUT2D eigenvalue weighted by Crippen LogP contribution is -2.20. The van der Waals surface area contributed by atoms with Crippen LogP contribution in [0.3, 0.4) is 0 Å². The van der Waals surface area contributed by atoms with Gasteiger partial charge in [-0.3, -0.25) is 0 Å². The number of anilines is 1.